The number of nitrogens with one attached hydrogen (secondary N) is 1. The Morgan fingerprint density at radius 2 is 1.84 bits per heavy atom. The first-order valence-electron chi connectivity index (χ1n) is 7.39. The molecule has 2 heteroatoms. The van der Waals surface area contributed by atoms with Crippen molar-refractivity contribution >= 4 is 0 Å². The van der Waals surface area contributed by atoms with E-state index in [-0.39, 0.29) is 0 Å². The summed E-state index contributed by atoms with van der Waals surface area (Å²) in [5, 5.41) is 3.54. The van der Waals surface area contributed by atoms with Crippen LogP contribution >= 0.6 is 0 Å². The zero-order valence-electron chi connectivity index (χ0n) is 13.1. The van der Waals surface area contributed by atoms with Crippen LogP contribution < -0.4 is 5.32 Å². The molecule has 1 aromatic carbocycles. The molecule has 0 amide bonds. The van der Waals surface area contributed by atoms with Gasteiger partial charge in [0.2, 0.25) is 0 Å². The highest BCUT2D eigenvalue weighted by Gasteiger charge is 2.32. The Kier molecular flexibility index (Phi) is 4.32. The molecule has 0 aromatic heterocycles. The molecule has 1 saturated heterocycles. The Morgan fingerprint density at radius 3 is 2.42 bits per heavy atom. The Labute approximate surface area is 118 Å². The molecule has 2 rings (SSSR count). The summed E-state index contributed by atoms with van der Waals surface area (Å²) < 4.78 is 0. The molecule has 106 valence electrons. The molecular weight excluding hydrogens is 232 g/mol. The van der Waals surface area contributed by atoms with Gasteiger partial charge in [0.15, 0.2) is 0 Å². The molecule has 0 spiro atoms. The molecule has 1 aliphatic rings. The van der Waals surface area contributed by atoms with Crippen LogP contribution in [0.5, 0.6) is 0 Å². The van der Waals surface area contributed by atoms with Crippen LogP contribution in [-0.2, 0) is 6.54 Å². The van der Waals surface area contributed by atoms with Crippen molar-refractivity contribution in [3.8, 4) is 0 Å². The van der Waals surface area contributed by atoms with Crippen molar-refractivity contribution in [1.82, 2.24) is 10.2 Å². The van der Waals surface area contributed by atoms with E-state index >= 15 is 0 Å². The Bertz CT molecular complexity index is 411. The molecule has 1 heterocycles. The minimum Gasteiger partial charge on any atom is -0.314 e. The highest BCUT2D eigenvalue weighted by molar-refractivity contribution is 5.33. The summed E-state index contributed by atoms with van der Waals surface area (Å²) in [6.07, 6.45) is 0. The summed E-state index contributed by atoms with van der Waals surface area (Å²) in [7, 11) is 0. The van der Waals surface area contributed by atoms with Crippen molar-refractivity contribution in [3.05, 3.63) is 34.9 Å². The first kappa shape index (κ1) is 14.5. The number of piperazine rings is 1. The van der Waals surface area contributed by atoms with Gasteiger partial charge in [-0.15, -0.1) is 0 Å². The monoisotopic (exact) mass is 260 g/mol. The van der Waals surface area contributed by atoms with Gasteiger partial charge in [0.1, 0.15) is 0 Å². The van der Waals surface area contributed by atoms with Crippen LogP contribution in [0, 0.1) is 19.3 Å². The van der Waals surface area contributed by atoms with E-state index in [0.717, 1.165) is 26.2 Å². The third-order valence-electron chi connectivity index (χ3n) is 4.36. The molecule has 1 aliphatic heterocycles. The largest absolute Gasteiger partial charge is 0.314 e. The molecule has 1 N–H and O–H groups in total. The summed E-state index contributed by atoms with van der Waals surface area (Å²) >= 11 is 0. The maximum absolute atomic E-state index is 3.54. The van der Waals surface area contributed by atoms with Gasteiger partial charge >= 0.3 is 0 Å². The molecule has 2 nitrogen and oxygen atoms in total. The van der Waals surface area contributed by atoms with Crippen molar-refractivity contribution in [1.29, 1.82) is 0 Å². The molecule has 1 atom stereocenters. The fourth-order valence-corrected chi connectivity index (χ4v) is 3.09. The van der Waals surface area contributed by atoms with E-state index in [1.165, 1.54) is 16.7 Å². The van der Waals surface area contributed by atoms with Crippen molar-refractivity contribution in [2.45, 2.75) is 47.2 Å². The lowest BCUT2D eigenvalue weighted by atomic mass is 9.84. The maximum atomic E-state index is 3.54. The number of aryl methyl sites for hydroxylation is 2. The topological polar surface area (TPSA) is 15.3 Å². The molecule has 0 aliphatic carbocycles. The Hall–Kier alpha value is -0.860. The van der Waals surface area contributed by atoms with Crippen LogP contribution in [0.25, 0.3) is 0 Å². The Balaban J connectivity index is 2.20. The second-order valence-corrected chi connectivity index (χ2v) is 6.93. The van der Waals surface area contributed by atoms with Gasteiger partial charge in [-0.2, -0.15) is 0 Å². The highest BCUT2D eigenvalue weighted by Crippen LogP contribution is 2.27. The quantitative estimate of drug-likeness (QED) is 0.879. The highest BCUT2D eigenvalue weighted by atomic mass is 15.2. The average Bonchev–Trinajstić information content (AvgIpc) is 2.33. The predicted molar refractivity (Wildman–Crippen MR) is 82.4 cm³/mol. The number of nitrogens with zero attached hydrogens (tertiary/aromatic N) is 1. The van der Waals surface area contributed by atoms with Gasteiger partial charge in [0.05, 0.1) is 0 Å². The van der Waals surface area contributed by atoms with Gasteiger partial charge < -0.3 is 5.32 Å². The zero-order valence-corrected chi connectivity index (χ0v) is 13.1. The van der Waals surface area contributed by atoms with Crippen molar-refractivity contribution < 1.29 is 0 Å². The molecule has 1 unspecified atom stereocenters. The third-order valence-corrected chi connectivity index (χ3v) is 4.36. The van der Waals surface area contributed by atoms with Crippen LogP contribution in [-0.4, -0.2) is 30.6 Å². The molecular formula is C17H28N2. The van der Waals surface area contributed by atoms with Crippen LogP contribution in [0.15, 0.2) is 18.2 Å². The minimum absolute atomic E-state index is 0.323. The smallest absolute Gasteiger partial charge is 0.0273 e. The maximum Gasteiger partial charge on any atom is 0.0273 e. The molecule has 0 bridgehead atoms. The zero-order chi connectivity index (χ0) is 14.0. The lowest BCUT2D eigenvalue weighted by Gasteiger charge is -2.44. The fourth-order valence-electron chi connectivity index (χ4n) is 3.09. The van der Waals surface area contributed by atoms with Crippen LogP contribution in [0.4, 0.5) is 0 Å². The van der Waals surface area contributed by atoms with E-state index in [0.29, 0.717) is 11.5 Å². The number of rotatable bonds is 2. The Morgan fingerprint density at radius 1 is 1.21 bits per heavy atom. The summed E-state index contributed by atoms with van der Waals surface area (Å²) in [5.74, 6) is 0. The minimum atomic E-state index is 0.323. The normalized spacial score (nSPS) is 21.6. The molecule has 0 radical (unpaired) electrons. The average molecular weight is 260 g/mol. The number of benzene rings is 1. The first-order valence-corrected chi connectivity index (χ1v) is 7.39. The van der Waals surface area contributed by atoms with E-state index in [4.69, 9.17) is 0 Å². The fraction of sp³-hybridized carbons (Fsp3) is 0.647. The second kappa shape index (κ2) is 5.64. The van der Waals surface area contributed by atoms with Gasteiger partial charge in [0, 0.05) is 32.2 Å². The molecule has 1 aromatic rings. The summed E-state index contributed by atoms with van der Waals surface area (Å²) in [5.41, 5.74) is 4.68. The lowest BCUT2D eigenvalue weighted by Crippen LogP contribution is -2.56. The van der Waals surface area contributed by atoms with E-state index in [2.05, 4.69) is 63.0 Å². The van der Waals surface area contributed by atoms with E-state index in [9.17, 15) is 0 Å². The summed E-state index contributed by atoms with van der Waals surface area (Å²) in [4.78, 5) is 2.66. The standard InChI is InChI=1S/C17H28N2/c1-13-7-6-8-14(2)15(13)12-19-10-9-18-11-16(19)17(3,4)5/h6-8,16,18H,9-12H2,1-5H3. The van der Waals surface area contributed by atoms with Gasteiger partial charge in [-0.1, -0.05) is 39.0 Å². The van der Waals surface area contributed by atoms with Crippen molar-refractivity contribution in [2.75, 3.05) is 19.6 Å². The van der Waals surface area contributed by atoms with Crippen molar-refractivity contribution in [3.63, 3.8) is 0 Å². The van der Waals surface area contributed by atoms with Crippen LogP contribution in [0.1, 0.15) is 37.5 Å². The molecule has 0 saturated carbocycles. The molecule has 1 fully saturated rings. The van der Waals surface area contributed by atoms with Gasteiger partial charge in [-0.05, 0) is 36.0 Å². The molecule has 19 heavy (non-hydrogen) atoms. The predicted octanol–water partition coefficient (Wildman–Crippen LogP) is 3.12. The van der Waals surface area contributed by atoms with Crippen LogP contribution in [0.3, 0.4) is 0 Å². The van der Waals surface area contributed by atoms with Crippen molar-refractivity contribution in [2.24, 2.45) is 5.41 Å². The number of hydrogen-bond acceptors (Lipinski definition) is 2. The summed E-state index contributed by atoms with van der Waals surface area (Å²) in [6, 6.07) is 7.24. The van der Waals surface area contributed by atoms with E-state index in [1.807, 2.05) is 0 Å². The summed E-state index contributed by atoms with van der Waals surface area (Å²) in [6.45, 7) is 16.0. The number of hydrogen-bond donors (Lipinski definition) is 1. The van der Waals surface area contributed by atoms with E-state index in [1.54, 1.807) is 0 Å². The third kappa shape index (κ3) is 3.37. The second-order valence-electron chi connectivity index (χ2n) is 6.93. The van der Waals surface area contributed by atoms with Crippen LogP contribution in [0.2, 0.25) is 0 Å². The van der Waals surface area contributed by atoms with Gasteiger partial charge in [-0.25, -0.2) is 0 Å². The van der Waals surface area contributed by atoms with Gasteiger partial charge in [0.25, 0.3) is 0 Å². The SMILES string of the molecule is Cc1cccc(C)c1CN1CCNCC1C(C)(C)C. The van der Waals surface area contributed by atoms with E-state index < -0.39 is 0 Å². The first-order chi connectivity index (χ1) is 8.89. The van der Waals surface area contributed by atoms with Gasteiger partial charge in [-0.3, -0.25) is 4.90 Å². The lowest BCUT2D eigenvalue weighted by molar-refractivity contribution is 0.0686.